The van der Waals surface area contributed by atoms with Gasteiger partial charge < -0.3 is 15.1 Å². The van der Waals surface area contributed by atoms with E-state index in [0.717, 1.165) is 0 Å². The molecule has 154 valence electrons. The normalized spacial score (nSPS) is 11.8. The first-order valence-corrected chi connectivity index (χ1v) is 8.69. The van der Waals surface area contributed by atoms with Crippen molar-refractivity contribution < 1.29 is 27.2 Å². The number of furan rings is 1. The molecule has 0 radical (unpaired) electrons. The van der Waals surface area contributed by atoms with Crippen LogP contribution in [0, 0.1) is 0 Å². The molecular weight excluding hydrogens is 391 g/mol. The van der Waals surface area contributed by atoms with Gasteiger partial charge in [0.2, 0.25) is 5.91 Å². The summed E-state index contributed by atoms with van der Waals surface area (Å²) in [5, 5.41) is 8.72. The van der Waals surface area contributed by atoms with Crippen molar-refractivity contribution in [3.8, 4) is 11.5 Å². The maximum Gasteiger partial charge on any atom is 0.405 e. The summed E-state index contributed by atoms with van der Waals surface area (Å²) in [6, 6.07) is 4.80. The Hall–Kier alpha value is -3.37. The Bertz CT molecular complexity index is 1030. The highest BCUT2D eigenvalue weighted by atomic mass is 19.4. The Balaban J connectivity index is 1.87. The van der Waals surface area contributed by atoms with Gasteiger partial charge in [-0.15, -0.1) is 0 Å². The highest BCUT2D eigenvalue weighted by molar-refractivity contribution is 6.07. The fourth-order valence-corrected chi connectivity index (χ4v) is 2.65. The third-order valence-electron chi connectivity index (χ3n) is 3.97. The molecule has 0 saturated carbocycles. The molecule has 0 fully saturated rings. The van der Waals surface area contributed by atoms with E-state index in [0.29, 0.717) is 22.5 Å². The molecule has 29 heavy (non-hydrogen) atoms. The van der Waals surface area contributed by atoms with Crippen molar-refractivity contribution in [3.05, 3.63) is 36.2 Å². The molecule has 8 nitrogen and oxygen atoms in total. The molecule has 2 amide bonds. The van der Waals surface area contributed by atoms with Crippen LogP contribution in [0.2, 0.25) is 0 Å². The van der Waals surface area contributed by atoms with Crippen molar-refractivity contribution in [2.75, 3.05) is 13.1 Å². The van der Waals surface area contributed by atoms with Crippen LogP contribution in [0.25, 0.3) is 22.5 Å². The van der Waals surface area contributed by atoms with E-state index in [1.54, 1.807) is 22.1 Å². The van der Waals surface area contributed by atoms with Gasteiger partial charge in [0.15, 0.2) is 11.4 Å². The third kappa shape index (κ3) is 4.73. The van der Waals surface area contributed by atoms with Gasteiger partial charge in [-0.1, -0.05) is 0 Å². The van der Waals surface area contributed by atoms with Gasteiger partial charge in [0.25, 0.3) is 5.91 Å². The molecule has 3 heterocycles. The number of hydrogen-bond acceptors (Lipinski definition) is 5. The Morgan fingerprint density at radius 2 is 2.03 bits per heavy atom. The molecule has 3 aromatic heterocycles. The first-order chi connectivity index (χ1) is 13.7. The average molecular weight is 409 g/mol. The van der Waals surface area contributed by atoms with Crippen LogP contribution in [0.4, 0.5) is 13.2 Å². The van der Waals surface area contributed by atoms with Gasteiger partial charge in [-0.05, 0) is 32.0 Å². The topological polar surface area (TPSA) is 102 Å². The molecule has 0 aromatic carbocycles. The van der Waals surface area contributed by atoms with Crippen molar-refractivity contribution >= 4 is 22.8 Å². The maximum absolute atomic E-state index is 12.7. The molecule has 0 aliphatic rings. The highest BCUT2D eigenvalue weighted by Crippen LogP contribution is 2.26. The summed E-state index contributed by atoms with van der Waals surface area (Å²) in [6.45, 7) is 1.73. The Morgan fingerprint density at radius 1 is 1.28 bits per heavy atom. The number of amides is 2. The van der Waals surface area contributed by atoms with Crippen molar-refractivity contribution in [1.82, 2.24) is 25.4 Å². The number of fused-ring (bicyclic) bond motifs is 1. The van der Waals surface area contributed by atoms with Gasteiger partial charge in [0, 0.05) is 6.04 Å². The van der Waals surface area contributed by atoms with Crippen molar-refractivity contribution in [1.29, 1.82) is 0 Å². The number of alkyl halides is 3. The average Bonchev–Trinajstić information content (AvgIpc) is 3.32. The molecule has 3 rings (SSSR count). The second-order valence-electron chi connectivity index (χ2n) is 6.53. The van der Waals surface area contributed by atoms with E-state index in [-0.39, 0.29) is 11.6 Å². The number of pyridine rings is 1. The zero-order chi connectivity index (χ0) is 21.2. The SMILES string of the molecule is CC(C)n1ncc2c(C(=O)NCC(=O)NCC(F)(F)F)cc(-c3ccco3)nc21. The second kappa shape index (κ2) is 7.94. The van der Waals surface area contributed by atoms with Gasteiger partial charge in [-0.3, -0.25) is 9.59 Å². The van der Waals surface area contributed by atoms with Crippen LogP contribution in [0.5, 0.6) is 0 Å². The Kier molecular flexibility index (Phi) is 5.57. The summed E-state index contributed by atoms with van der Waals surface area (Å²) in [6.07, 6.45) is -1.58. The molecule has 3 aromatic rings. The summed E-state index contributed by atoms with van der Waals surface area (Å²) < 4.78 is 43.5. The fraction of sp³-hybridized carbons (Fsp3) is 0.333. The van der Waals surface area contributed by atoms with Crippen LogP contribution in [-0.2, 0) is 4.79 Å². The van der Waals surface area contributed by atoms with Crippen LogP contribution in [0.1, 0.15) is 30.2 Å². The van der Waals surface area contributed by atoms with Crippen molar-refractivity contribution in [2.45, 2.75) is 26.1 Å². The molecule has 0 atom stereocenters. The van der Waals surface area contributed by atoms with Crippen LogP contribution < -0.4 is 10.6 Å². The lowest BCUT2D eigenvalue weighted by atomic mass is 10.1. The minimum absolute atomic E-state index is 0.0316. The van der Waals surface area contributed by atoms with Gasteiger partial charge >= 0.3 is 6.18 Å². The number of carbonyl (C=O) groups is 2. The van der Waals surface area contributed by atoms with Crippen LogP contribution >= 0.6 is 0 Å². The molecule has 0 unspecified atom stereocenters. The smallest absolute Gasteiger partial charge is 0.405 e. The minimum atomic E-state index is -4.53. The number of rotatable bonds is 6. The molecule has 0 spiro atoms. The largest absolute Gasteiger partial charge is 0.463 e. The van der Waals surface area contributed by atoms with E-state index in [4.69, 9.17) is 4.42 Å². The minimum Gasteiger partial charge on any atom is -0.463 e. The molecule has 0 aliphatic heterocycles. The molecule has 0 saturated heterocycles. The van der Waals surface area contributed by atoms with E-state index >= 15 is 0 Å². The third-order valence-corrected chi connectivity index (χ3v) is 3.97. The predicted molar refractivity (Wildman–Crippen MR) is 97.0 cm³/mol. The first kappa shape index (κ1) is 20.4. The number of nitrogens with one attached hydrogen (secondary N) is 2. The quantitative estimate of drug-likeness (QED) is 0.652. The van der Waals surface area contributed by atoms with Crippen LogP contribution in [-0.4, -0.2) is 45.8 Å². The van der Waals surface area contributed by atoms with E-state index in [1.807, 2.05) is 13.8 Å². The van der Waals surface area contributed by atoms with E-state index < -0.39 is 31.1 Å². The van der Waals surface area contributed by atoms with Gasteiger partial charge in [0.1, 0.15) is 12.2 Å². The first-order valence-electron chi connectivity index (χ1n) is 8.69. The summed E-state index contributed by atoms with van der Waals surface area (Å²) in [5.41, 5.74) is 1.01. The van der Waals surface area contributed by atoms with Gasteiger partial charge in [0.05, 0.1) is 30.0 Å². The predicted octanol–water partition coefficient (Wildman–Crippen LogP) is 2.68. The molecule has 11 heteroatoms. The highest BCUT2D eigenvalue weighted by Gasteiger charge is 2.27. The van der Waals surface area contributed by atoms with E-state index in [9.17, 15) is 22.8 Å². The number of hydrogen-bond donors (Lipinski definition) is 2. The van der Waals surface area contributed by atoms with Crippen molar-refractivity contribution in [2.24, 2.45) is 0 Å². The Labute approximate surface area is 163 Å². The molecule has 0 aliphatic carbocycles. The number of halogens is 3. The second-order valence-corrected chi connectivity index (χ2v) is 6.53. The van der Waals surface area contributed by atoms with Crippen molar-refractivity contribution in [3.63, 3.8) is 0 Å². The van der Waals surface area contributed by atoms with E-state index in [1.165, 1.54) is 18.5 Å². The molecular formula is C18H18F3N5O3. The standard InChI is InChI=1S/C18H18F3N5O3/c1-10(2)26-16-12(7-24-26)11(6-13(25-16)14-4-3-5-29-14)17(28)22-8-15(27)23-9-18(19,20)21/h3-7,10H,8-9H2,1-2H3,(H,22,28)(H,23,27). The maximum atomic E-state index is 12.7. The number of carbonyl (C=O) groups excluding carboxylic acids is 2. The van der Waals surface area contributed by atoms with Gasteiger partial charge in [-0.2, -0.15) is 18.3 Å². The monoisotopic (exact) mass is 409 g/mol. The lowest BCUT2D eigenvalue weighted by Gasteiger charge is -2.11. The lowest BCUT2D eigenvalue weighted by Crippen LogP contribution is -2.40. The fourth-order valence-electron chi connectivity index (χ4n) is 2.65. The summed E-state index contributed by atoms with van der Waals surface area (Å²) >= 11 is 0. The van der Waals surface area contributed by atoms with Crippen LogP contribution in [0.3, 0.4) is 0 Å². The van der Waals surface area contributed by atoms with Gasteiger partial charge in [-0.25, -0.2) is 9.67 Å². The Morgan fingerprint density at radius 3 is 2.66 bits per heavy atom. The summed E-state index contributed by atoms with van der Waals surface area (Å²) in [7, 11) is 0. The lowest BCUT2D eigenvalue weighted by molar-refractivity contribution is -0.137. The molecule has 0 bridgehead atoms. The number of nitrogens with zero attached hydrogens (tertiary/aromatic N) is 3. The van der Waals surface area contributed by atoms with E-state index in [2.05, 4.69) is 15.4 Å². The zero-order valence-electron chi connectivity index (χ0n) is 15.6. The number of aromatic nitrogens is 3. The summed E-state index contributed by atoms with van der Waals surface area (Å²) in [5.74, 6) is -1.17. The molecule has 2 N–H and O–H groups in total. The van der Waals surface area contributed by atoms with Crippen LogP contribution in [0.15, 0.2) is 35.1 Å². The zero-order valence-corrected chi connectivity index (χ0v) is 15.6. The summed E-state index contributed by atoms with van der Waals surface area (Å²) in [4.78, 5) is 28.7.